The number of carbonyl (C=O) groups is 1. The molecule has 1 saturated heterocycles. The summed E-state index contributed by atoms with van der Waals surface area (Å²) >= 11 is 0. The van der Waals surface area contributed by atoms with E-state index in [-0.39, 0.29) is 5.91 Å². The number of nitrogens with one attached hydrogen (secondary N) is 2. The maximum Gasteiger partial charge on any atom is 0.220 e. The lowest BCUT2D eigenvalue weighted by Gasteiger charge is -2.27. The van der Waals surface area contributed by atoms with E-state index in [1.54, 1.807) is 0 Å². The number of hydrogen-bond acceptors (Lipinski definition) is 4. The molecule has 0 unspecified atom stereocenters. The number of nitrogens with zero attached hydrogens (tertiary/aromatic N) is 3. The van der Waals surface area contributed by atoms with E-state index >= 15 is 0 Å². The van der Waals surface area contributed by atoms with Gasteiger partial charge in [-0.1, -0.05) is 12.1 Å². The summed E-state index contributed by atoms with van der Waals surface area (Å²) in [6, 6.07) is 8.04. The first-order valence-corrected chi connectivity index (χ1v) is 8.84. The van der Waals surface area contributed by atoms with Gasteiger partial charge in [-0.3, -0.25) is 4.79 Å². The molecule has 0 spiro atoms. The van der Waals surface area contributed by atoms with E-state index in [0.29, 0.717) is 18.8 Å². The second kappa shape index (κ2) is 6.44. The lowest BCUT2D eigenvalue weighted by atomic mass is 10.0. The van der Waals surface area contributed by atoms with Crippen LogP contribution >= 0.6 is 0 Å². The highest BCUT2D eigenvalue weighted by atomic mass is 16.1. The van der Waals surface area contributed by atoms with Crippen molar-refractivity contribution in [3.63, 3.8) is 0 Å². The van der Waals surface area contributed by atoms with Crippen LogP contribution in [-0.2, 0) is 11.2 Å². The van der Waals surface area contributed by atoms with Gasteiger partial charge >= 0.3 is 0 Å². The van der Waals surface area contributed by atoms with Gasteiger partial charge in [0.05, 0.1) is 5.52 Å². The number of aryl methyl sites for hydroxylation is 2. The van der Waals surface area contributed by atoms with Crippen LogP contribution in [0.2, 0.25) is 0 Å². The molecule has 0 atom stereocenters. The number of rotatable bonds is 5. The maximum absolute atomic E-state index is 12.1. The summed E-state index contributed by atoms with van der Waals surface area (Å²) in [5.74, 6) is 0.693. The Bertz CT molecular complexity index is 942. The Balaban J connectivity index is 1.54. The fourth-order valence-corrected chi connectivity index (χ4v) is 3.42. The number of hydrogen-bond donors (Lipinski definition) is 2. The van der Waals surface area contributed by atoms with E-state index in [4.69, 9.17) is 4.98 Å². The molecule has 0 bridgehead atoms. The van der Waals surface area contributed by atoms with E-state index < -0.39 is 0 Å². The van der Waals surface area contributed by atoms with Crippen molar-refractivity contribution >= 4 is 22.5 Å². The van der Waals surface area contributed by atoms with E-state index in [0.717, 1.165) is 53.1 Å². The highest BCUT2D eigenvalue weighted by molar-refractivity contribution is 5.92. The Labute approximate surface area is 146 Å². The molecule has 1 amide bonds. The van der Waals surface area contributed by atoms with E-state index in [2.05, 4.69) is 22.7 Å². The molecule has 3 heterocycles. The maximum atomic E-state index is 12.1. The van der Waals surface area contributed by atoms with Crippen molar-refractivity contribution in [2.75, 3.05) is 19.6 Å². The van der Waals surface area contributed by atoms with Crippen molar-refractivity contribution in [1.82, 2.24) is 25.2 Å². The summed E-state index contributed by atoms with van der Waals surface area (Å²) in [7, 11) is 0. The highest BCUT2D eigenvalue weighted by Gasteiger charge is 2.18. The van der Waals surface area contributed by atoms with E-state index in [1.807, 2.05) is 35.7 Å². The van der Waals surface area contributed by atoms with Crippen LogP contribution in [0.1, 0.15) is 23.4 Å². The third kappa shape index (κ3) is 2.98. The van der Waals surface area contributed by atoms with Crippen LogP contribution in [0, 0.1) is 19.8 Å². The first-order valence-electron chi connectivity index (χ1n) is 8.84. The Kier molecular flexibility index (Phi) is 4.13. The Morgan fingerprint density at radius 1 is 1.32 bits per heavy atom. The summed E-state index contributed by atoms with van der Waals surface area (Å²) in [6.45, 7) is 6.85. The molecule has 2 N–H and O–H groups in total. The van der Waals surface area contributed by atoms with Crippen LogP contribution in [-0.4, -0.2) is 40.1 Å². The lowest BCUT2D eigenvalue weighted by molar-refractivity contribution is -0.121. The van der Waals surface area contributed by atoms with Gasteiger partial charge in [0.25, 0.3) is 0 Å². The topological polar surface area (TPSA) is 71.3 Å². The van der Waals surface area contributed by atoms with Gasteiger partial charge in [0.2, 0.25) is 5.91 Å². The van der Waals surface area contributed by atoms with Crippen molar-refractivity contribution in [2.24, 2.45) is 5.92 Å². The summed E-state index contributed by atoms with van der Waals surface area (Å²) in [5, 5.41) is 12.0. The summed E-state index contributed by atoms with van der Waals surface area (Å²) in [5.41, 5.74) is 4.99. The second-order valence-electron chi connectivity index (χ2n) is 6.84. The summed E-state index contributed by atoms with van der Waals surface area (Å²) in [4.78, 5) is 16.9. The van der Waals surface area contributed by atoms with Crippen molar-refractivity contribution in [3.8, 4) is 0 Å². The molecule has 0 radical (unpaired) electrons. The van der Waals surface area contributed by atoms with Gasteiger partial charge in [-0.15, -0.1) is 0 Å². The minimum absolute atomic E-state index is 0.108. The third-order valence-corrected chi connectivity index (χ3v) is 5.07. The fraction of sp³-hybridized carbons (Fsp3) is 0.421. The zero-order chi connectivity index (χ0) is 17.4. The van der Waals surface area contributed by atoms with Crippen molar-refractivity contribution in [3.05, 3.63) is 41.2 Å². The van der Waals surface area contributed by atoms with Gasteiger partial charge in [0.1, 0.15) is 0 Å². The van der Waals surface area contributed by atoms with Crippen molar-refractivity contribution in [1.29, 1.82) is 0 Å². The molecular weight excluding hydrogens is 314 g/mol. The van der Waals surface area contributed by atoms with Gasteiger partial charge in [-0.2, -0.15) is 5.10 Å². The fourth-order valence-electron chi connectivity index (χ4n) is 3.42. The Hall–Kier alpha value is -2.47. The molecule has 0 saturated carbocycles. The molecule has 1 aliphatic rings. The van der Waals surface area contributed by atoms with Crippen molar-refractivity contribution in [2.45, 2.75) is 26.7 Å². The zero-order valence-corrected chi connectivity index (χ0v) is 14.7. The molecule has 6 heteroatoms. The largest absolute Gasteiger partial charge is 0.356 e. The monoisotopic (exact) mass is 337 g/mol. The number of carbonyl (C=O) groups excluding carboxylic acids is 1. The average Bonchev–Trinajstić information content (AvgIpc) is 2.92. The lowest BCUT2D eigenvalue weighted by Crippen LogP contribution is -2.48. The second-order valence-corrected chi connectivity index (χ2v) is 6.84. The van der Waals surface area contributed by atoms with Gasteiger partial charge in [0.15, 0.2) is 5.65 Å². The molecule has 25 heavy (non-hydrogen) atoms. The molecule has 4 rings (SSSR count). The molecule has 1 aliphatic heterocycles. The molecular formula is C19H23N5O. The molecule has 2 aromatic heterocycles. The molecule has 130 valence electrons. The first-order chi connectivity index (χ1) is 12.1. The van der Waals surface area contributed by atoms with Crippen molar-refractivity contribution < 1.29 is 4.79 Å². The normalized spacial score (nSPS) is 14.8. The van der Waals surface area contributed by atoms with Crippen LogP contribution in [0.4, 0.5) is 0 Å². The average molecular weight is 337 g/mol. The molecule has 3 aromatic rings. The number of amides is 1. The third-order valence-electron chi connectivity index (χ3n) is 5.07. The summed E-state index contributed by atoms with van der Waals surface area (Å²) < 4.78 is 1.91. The SMILES string of the molecule is Cc1nc2c3ccccc3nn2c(C)c1CCC(=O)NCC1CNC1. The quantitative estimate of drug-likeness (QED) is 0.744. The predicted octanol–water partition coefficient (Wildman–Crippen LogP) is 1.77. The number of fused-ring (bicyclic) bond motifs is 3. The van der Waals surface area contributed by atoms with Crippen LogP contribution < -0.4 is 10.6 Å². The molecule has 0 aliphatic carbocycles. The van der Waals surface area contributed by atoms with Gasteiger partial charge in [-0.25, -0.2) is 9.50 Å². The standard InChI is InChI=1S/C19H23N5O/c1-12-15(7-8-18(25)21-11-14-9-20-10-14)13(2)24-19(22-12)16-5-3-4-6-17(16)23-24/h3-6,14,20H,7-11H2,1-2H3,(H,21,25). The smallest absolute Gasteiger partial charge is 0.220 e. The van der Waals surface area contributed by atoms with Crippen LogP contribution in [0.15, 0.2) is 24.3 Å². The Morgan fingerprint density at radius 3 is 2.88 bits per heavy atom. The molecule has 1 aromatic carbocycles. The minimum Gasteiger partial charge on any atom is -0.356 e. The van der Waals surface area contributed by atoms with Crippen LogP contribution in [0.3, 0.4) is 0 Å². The first kappa shape index (κ1) is 16.0. The van der Waals surface area contributed by atoms with Crippen LogP contribution in [0.5, 0.6) is 0 Å². The predicted molar refractivity (Wildman–Crippen MR) is 97.7 cm³/mol. The van der Waals surface area contributed by atoms with E-state index in [1.165, 1.54) is 0 Å². The highest BCUT2D eigenvalue weighted by Crippen LogP contribution is 2.22. The number of aromatic nitrogens is 3. The van der Waals surface area contributed by atoms with Gasteiger partial charge in [-0.05, 0) is 38.0 Å². The summed E-state index contributed by atoms with van der Waals surface area (Å²) in [6.07, 6.45) is 1.17. The molecule has 6 nitrogen and oxygen atoms in total. The molecule has 1 fully saturated rings. The van der Waals surface area contributed by atoms with Gasteiger partial charge < -0.3 is 10.6 Å². The van der Waals surface area contributed by atoms with Crippen LogP contribution in [0.25, 0.3) is 16.6 Å². The minimum atomic E-state index is 0.108. The zero-order valence-electron chi connectivity index (χ0n) is 14.7. The Morgan fingerprint density at radius 2 is 2.12 bits per heavy atom. The van der Waals surface area contributed by atoms with Gasteiger partial charge in [0, 0.05) is 48.7 Å². The number of benzene rings is 1. The van der Waals surface area contributed by atoms with E-state index in [9.17, 15) is 4.79 Å².